The van der Waals surface area contributed by atoms with Gasteiger partial charge in [0.05, 0.1) is 11.3 Å². The number of nitrogens with two attached hydrogens (primary N) is 1. The van der Waals surface area contributed by atoms with Crippen molar-refractivity contribution < 1.29 is 14.7 Å². The van der Waals surface area contributed by atoms with Crippen LogP contribution in [0.4, 0.5) is 5.69 Å². The molecule has 2 amide bonds. The summed E-state index contributed by atoms with van der Waals surface area (Å²) in [5.74, 6) is -1.12. The van der Waals surface area contributed by atoms with Gasteiger partial charge in [0.2, 0.25) is 5.91 Å². The van der Waals surface area contributed by atoms with Gasteiger partial charge in [-0.1, -0.05) is 30.3 Å². The maximum atomic E-state index is 12.2. The number of benzene rings is 2. The summed E-state index contributed by atoms with van der Waals surface area (Å²) in [5.41, 5.74) is 5.74. The molecule has 0 aliphatic carbocycles. The van der Waals surface area contributed by atoms with Crippen LogP contribution in [0.5, 0.6) is 5.75 Å². The van der Waals surface area contributed by atoms with Gasteiger partial charge in [0.15, 0.2) is 0 Å². The molecule has 0 unspecified atom stereocenters. The number of aromatic hydroxyl groups is 1. The first-order chi connectivity index (χ1) is 11.1. The van der Waals surface area contributed by atoms with E-state index in [1.807, 2.05) is 12.1 Å². The Hall–Kier alpha value is -3.41. The van der Waals surface area contributed by atoms with E-state index in [1.54, 1.807) is 24.3 Å². The standard InChI is InChI=1S/C17H13N3O3/c18-16(22)11-6-8-14(19-9-11)17(23)20-13-7-5-10-3-1-2-4-12(10)15(13)21/h1-9,21H,(H2,18,22)(H,20,23). The zero-order valence-electron chi connectivity index (χ0n) is 12.0. The Morgan fingerprint density at radius 1 is 1.04 bits per heavy atom. The number of aromatic nitrogens is 1. The topological polar surface area (TPSA) is 105 Å². The molecule has 114 valence electrons. The molecule has 0 aliphatic heterocycles. The zero-order chi connectivity index (χ0) is 16.4. The molecule has 0 spiro atoms. The van der Waals surface area contributed by atoms with Gasteiger partial charge < -0.3 is 16.2 Å². The summed E-state index contributed by atoms with van der Waals surface area (Å²) in [6.07, 6.45) is 1.23. The van der Waals surface area contributed by atoms with E-state index in [-0.39, 0.29) is 22.7 Å². The second kappa shape index (κ2) is 5.76. The first-order valence-corrected chi connectivity index (χ1v) is 6.84. The lowest BCUT2D eigenvalue weighted by atomic mass is 10.1. The third-order valence-electron chi connectivity index (χ3n) is 3.43. The predicted octanol–water partition coefficient (Wildman–Crippen LogP) is 2.29. The van der Waals surface area contributed by atoms with E-state index in [1.165, 1.54) is 18.3 Å². The van der Waals surface area contributed by atoms with Crippen molar-refractivity contribution in [2.24, 2.45) is 5.73 Å². The lowest BCUT2D eigenvalue weighted by Gasteiger charge is -2.09. The molecule has 1 heterocycles. The van der Waals surface area contributed by atoms with Crippen LogP contribution in [-0.2, 0) is 0 Å². The SMILES string of the molecule is NC(=O)c1ccc(C(=O)Nc2ccc3ccccc3c2O)nc1. The minimum atomic E-state index is -0.614. The van der Waals surface area contributed by atoms with E-state index in [0.29, 0.717) is 5.39 Å². The van der Waals surface area contributed by atoms with Gasteiger partial charge in [-0.25, -0.2) is 0 Å². The summed E-state index contributed by atoms with van der Waals surface area (Å²) in [5, 5.41) is 14.4. The first kappa shape index (κ1) is 14.5. The van der Waals surface area contributed by atoms with Crippen molar-refractivity contribution in [1.29, 1.82) is 0 Å². The molecule has 0 atom stereocenters. The number of hydrogen-bond donors (Lipinski definition) is 3. The van der Waals surface area contributed by atoms with Gasteiger partial charge in [-0.15, -0.1) is 0 Å². The van der Waals surface area contributed by atoms with Crippen LogP contribution < -0.4 is 11.1 Å². The van der Waals surface area contributed by atoms with Crippen LogP contribution >= 0.6 is 0 Å². The molecular weight excluding hydrogens is 294 g/mol. The molecule has 0 saturated carbocycles. The zero-order valence-corrected chi connectivity index (χ0v) is 12.0. The average molecular weight is 307 g/mol. The number of nitrogens with one attached hydrogen (secondary N) is 1. The molecule has 4 N–H and O–H groups in total. The maximum Gasteiger partial charge on any atom is 0.274 e. The lowest BCUT2D eigenvalue weighted by molar-refractivity contribution is 0.0993. The largest absolute Gasteiger partial charge is 0.505 e. The summed E-state index contributed by atoms with van der Waals surface area (Å²) >= 11 is 0. The van der Waals surface area contributed by atoms with E-state index in [4.69, 9.17) is 5.73 Å². The van der Waals surface area contributed by atoms with E-state index in [9.17, 15) is 14.7 Å². The van der Waals surface area contributed by atoms with Crippen molar-refractivity contribution in [3.63, 3.8) is 0 Å². The van der Waals surface area contributed by atoms with Gasteiger partial charge in [0.25, 0.3) is 5.91 Å². The molecule has 6 nitrogen and oxygen atoms in total. The number of anilines is 1. The van der Waals surface area contributed by atoms with Crippen molar-refractivity contribution in [1.82, 2.24) is 4.98 Å². The molecule has 6 heteroatoms. The van der Waals surface area contributed by atoms with Gasteiger partial charge in [0.1, 0.15) is 11.4 Å². The van der Waals surface area contributed by atoms with Gasteiger partial charge in [-0.05, 0) is 23.6 Å². The Labute approximate surface area is 131 Å². The number of fused-ring (bicyclic) bond motifs is 1. The van der Waals surface area contributed by atoms with Gasteiger partial charge in [-0.3, -0.25) is 14.6 Å². The molecular formula is C17H13N3O3. The van der Waals surface area contributed by atoms with E-state index in [2.05, 4.69) is 10.3 Å². The fraction of sp³-hybridized carbons (Fsp3) is 0. The number of pyridine rings is 1. The Morgan fingerprint density at radius 3 is 2.52 bits per heavy atom. The Balaban J connectivity index is 1.88. The Morgan fingerprint density at radius 2 is 1.83 bits per heavy atom. The van der Waals surface area contributed by atoms with Crippen molar-refractivity contribution in [3.8, 4) is 5.75 Å². The molecule has 0 fully saturated rings. The lowest BCUT2D eigenvalue weighted by Crippen LogP contribution is -2.16. The van der Waals surface area contributed by atoms with E-state index in [0.717, 1.165) is 5.39 Å². The minimum Gasteiger partial charge on any atom is -0.505 e. The molecule has 0 aliphatic rings. The van der Waals surface area contributed by atoms with E-state index < -0.39 is 11.8 Å². The number of rotatable bonds is 3. The monoisotopic (exact) mass is 307 g/mol. The molecule has 0 saturated heterocycles. The molecule has 3 rings (SSSR count). The van der Waals surface area contributed by atoms with Crippen molar-refractivity contribution in [2.45, 2.75) is 0 Å². The fourth-order valence-electron chi connectivity index (χ4n) is 2.22. The molecule has 1 aromatic heterocycles. The van der Waals surface area contributed by atoms with Crippen LogP contribution in [0.2, 0.25) is 0 Å². The molecule has 23 heavy (non-hydrogen) atoms. The number of primary amides is 1. The van der Waals surface area contributed by atoms with Crippen LogP contribution in [-0.4, -0.2) is 21.9 Å². The van der Waals surface area contributed by atoms with Gasteiger partial charge in [0, 0.05) is 11.6 Å². The molecule has 0 radical (unpaired) electrons. The highest BCUT2D eigenvalue weighted by atomic mass is 16.3. The molecule has 3 aromatic rings. The van der Waals surface area contributed by atoms with Crippen LogP contribution in [0, 0.1) is 0 Å². The highest BCUT2D eigenvalue weighted by Gasteiger charge is 2.12. The fourth-order valence-corrected chi connectivity index (χ4v) is 2.22. The van der Waals surface area contributed by atoms with Crippen molar-refractivity contribution in [3.05, 3.63) is 66.0 Å². The van der Waals surface area contributed by atoms with Crippen LogP contribution in [0.15, 0.2) is 54.7 Å². The number of phenols is 1. The Bertz CT molecular complexity index is 905. The predicted molar refractivity (Wildman–Crippen MR) is 86.3 cm³/mol. The number of carbonyl (C=O) groups is 2. The molecule has 0 bridgehead atoms. The summed E-state index contributed by atoms with van der Waals surface area (Å²) in [6, 6.07) is 13.5. The summed E-state index contributed by atoms with van der Waals surface area (Å²) < 4.78 is 0. The van der Waals surface area contributed by atoms with Crippen LogP contribution in [0.3, 0.4) is 0 Å². The van der Waals surface area contributed by atoms with Gasteiger partial charge >= 0.3 is 0 Å². The summed E-state index contributed by atoms with van der Waals surface area (Å²) in [4.78, 5) is 27.1. The number of nitrogens with zero attached hydrogens (tertiary/aromatic N) is 1. The minimum absolute atomic E-state index is 0.00907. The third-order valence-corrected chi connectivity index (χ3v) is 3.43. The van der Waals surface area contributed by atoms with Crippen molar-refractivity contribution >= 4 is 28.3 Å². The second-order valence-electron chi connectivity index (χ2n) is 4.93. The number of amides is 2. The molecule has 2 aromatic carbocycles. The quantitative estimate of drug-likeness (QED) is 0.645. The maximum absolute atomic E-state index is 12.2. The summed E-state index contributed by atoms with van der Waals surface area (Å²) in [6.45, 7) is 0. The van der Waals surface area contributed by atoms with Crippen LogP contribution in [0.1, 0.15) is 20.8 Å². The normalized spacial score (nSPS) is 10.4. The first-order valence-electron chi connectivity index (χ1n) is 6.84. The third kappa shape index (κ3) is 2.82. The summed E-state index contributed by atoms with van der Waals surface area (Å²) in [7, 11) is 0. The second-order valence-corrected chi connectivity index (χ2v) is 4.93. The average Bonchev–Trinajstić information content (AvgIpc) is 2.57. The smallest absolute Gasteiger partial charge is 0.274 e. The number of carbonyl (C=O) groups excluding carboxylic acids is 2. The number of phenolic OH excluding ortho intramolecular Hbond substituents is 1. The highest BCUT2D eigenvalue weighted by molar-refractivity contribution is 6.06. The van der Waals surface area contributed by atoms with Crippen LogP contribution in [0.25, 0.3) is 10.8 Å². The number of hydrogen-bond acceptors (Lipinski definition) is 4. The van der Waals surface area contributed by atoms with Crippen molar-refractivity contribution in [2.75, 3.05) is 5.32 Å². The Kier molecular flexibility index (Phi) is 3.64. The highest BCUT2D eigenvalue weighted by Crippen LogP contribution is 2.32. The van der Waals surface area contributed by atoms with Gasteiger partial charge in [-0.2, -0.15) is 0 Å². The van der Waals surface area contributed by atoms with E-state index >= 15 is 0 Å².